The summed E-state index contributed by atoms with van der Waals surface area (Å²) in [5.41, 5.74) is 6.21. The molecule has 0 aliphatic rings. The van der Waals surface area contributed by atoms with Crippen LogP contribution in [0.2, 0.25) is 0 Å². The van der Waals surface area contributed by atoms with Gasteiger partial charge < -0.3 is 5.73 Å². The lowest BCUT2D eigenvalue weighted by atomic mass is 10.2. The van der Waals surface area contributed by atoms with Gasteiger partial charge in [0.1, 0.15) is 0 Å². The summed E-state index contributed by atoms with van der Waals surface area (Å²) in [6.07, 6.45) is 0.966. The number of sulfonamides is 1. The molecule has 4 nitrogen and oxygen atoms in total. The van der Waals surface area contributed by atoms with Gasteiger partial charge in [0.05, 0.1) is 4.90 Å². The molecule has 20 heavy (non-hydrogen) atoms. The molecule has 0 unspecified atom stereocenters. The lowest BCUT2D eigenvalue weighted by Crippen LogP contribution is -2.24. The molecule has 0 fully saturated rings. The van der Waals surface area contributed by atoms with Crippen molar-refractivity contribution in [2.45, 2.75) is 31.3 Å². The number of nitrogens with two attached hydrogens (primary N) is 1. The molecule has 0 atom stereocenters. The number of rotatable bonds is 6. The van der Waals surface area contributed by atoms with Crippen molar-refractivity contribution in [3.05, 3.63) is 51.7 Å². The molecule has 1 heterocycles. The highest BCUT2D eigenvalue weighted by molar-refractivity contribution is 7.89. The van der Waals surface area contributed by atoms with Gasteiger partial charge in [-0.25, -0.2) is 13.1 Å². The van der Waals surface area contributed by atoms with Crippen molar-refractivity contribution in [2.75, 3.05) is 0 Å². The van der Waals surface area contributed by atoms with Gasteiger partial charge in [0.15, 0.2) is 0 Å². The van der Waals surface area contributed by atoms with Crippen LogP contribution in [0.15, 0.2) is 41.3 Å². The van der Waals surface area contributed by atoms with Crippen molar-refractivity contribution >= 4 is 21.4 Å². The first-order valence-corrected chi connectivity index (χ1v) is 8.72. The number of hydrogen-bond acceptors (Lipinski definition) is 4. The molecule has 2 aromatic rings. The van der Waals surface area contributed by atoms with Gasteiger partial charge in [0.2, 0.25) is 10.0 Å². The second kappa shape index (κ2) is 6.49. The van der Waals surface area contributed by atoms with Crippen molar-refractivity contribution in [1.82, 2.24) is 4.72 Å². The maximum absolute atomic E-state index is 12.3. The summed E-state index contributed by atoms with van der Waals surface area (Å²) in [4.78, 5) is 2.52. The van der Waals surface area contributed by atoms with Crippen LogP contribution in [0.25, 0.3) is 0 Å². The molecule has 1 aromatic carbocycles. The average molecular weight is 310 g/mol. The largest absolute Gasteiger partial charge is 0.326 e. The third-order valence-corrected chi connectivity index (χ3v) is 5.72. The minimum atomic E-state index is -3.52. The summed E-state index contributed by atoms with van der Waals surface area (Å²) >= 11 is 1.63. The highest BCUT2D eigenvalue weighted by atomic mass is 32.2. The van der Waals surface area contributed by atoms with Gasteiger partial charge in [0, 0.05) is 22.8 Å². The third kappa shape index (κ3) is 3.46. The van der Waals surface area contributed by atoms with E-state index in [1.165, 1.54) is 4.88 Å². The van der Waals surface area contributed by atoms with E-state index in [1.807, 2.05) is 12.1 Å². The number of thiophene rings is 1. The first-order valence-electron chi connectivity index (χ1n) is 6.42. The fourth-order valence-electron chi connectivity index (χ4n) is 1.89. The maximum atomic E-state index is 12.3. The summed E-state index contributed by atoms with van der Waals surface area (Å²) in [5, 5.41) is 0. The zero-order valence-corrected chi connectivity index (χ0v) is 12.9. The molecule has 0 bridgehead atoms. The van der Waals surface area contributed by atoms with E-state index in [4.69, 9.17) is 5.73 Å². The molecular weight excluding hydrogens is 292 g/mol. The highest BCUT2D eigenvalue weighted by Gasteiger charge is 2.17. The third-order valence-electron chi connectivity index (χ3n) is 2.98. The number of aryl methyl sites for hydroxylation is 1. The molecule has 0 amide bonds. The van der Waals surface area contributed by atoms with Crippen LogP contribution in [0.4, 0.5) is 0 Å². The molecule has 3 N–H and O–H groups in total. The Kier molecular flexibility index (Phi) is 4.93. The summed E-state index contributed by atoms with van der Waals surface area (Å²) in [6.45, 7) is 2.60. The number of nitrogens with one attached hydrogen (secondary N) is 1. The standard InChI is InChI=1S/C14H18N2O2S2/c1-2-12-7-8-13(19-12)10-16-20(17,18)14-6-4-3-5-11(14)9-15/h3-8,16H,2,9-10,15H2,1H3. The normalized spacial score (nSPS) is 11.7. The quantitative estimate of drug-likeness (QED) is 0.859. The van der Waals surface area contributed by atoms with Crippen LogP contribution >= 0.6 is 11.3 Å². The molecule has 0 aliphatic carbocycles. The van der Waals surface area contributed by atoms with Crippen LogP contribution in [-0.4, -0.2) is 8.42 Å². The van der Waals surface area contributed by atoms with Crippen LogP contribution in [-0.2, 0) is 29.5 Å². The molecule has 108 valence electrons. The number of hydrogen-bond donors (Lipinski definition) is 2. The molecule has 0 saturated heterocycles. The summed E-state index contributed by atoms with van der Waals surface area (Å²) in [7, 11) is -3.52. The molecule has 0 spiro atoms. The average Bonchev–Trinajstić information content (AvgIpc) is 2.93. The molecule has 0 radical (unpaired) electrons. The van der Waals surface area contributed by atoms with Crippen LogP contribution in [0.3, 0.4) is 0 Å². The van der Waals surface area contributed by atoms with Crippen molar-refractivity contribution < 1.29 is 8.42 Å². The van der Waals surface area contributed by atoms with Crippen molar-refractivity contribution in [3.8, 4) is 0 Å². The van der Waals surface area contributed by atoms with Gasteiger partial charge in [-0.3, -0.25) is 0 Å². The van der Waals surface area contributed by atoms with Gasteiger partial charge >= 0.3 is 0 Å². The summed E-state index contributed by atoms with van der Waals surface area (Å²) < 4.78 is 27.2. The molecule has 6 heteroatoms. The van der Waals surface area contributed by atoms with Gasteiger partial charge in [0.25, 0.3) is 0 Å². The fraction of sp³-hybridized carbons (Fsp3) is 0.286. The first-order chi connectivity index (χ1) is 9.56. The zero-order valence-electron chi connectivity index (χ0n) is 11.3. The predicted octanol–water partition coefficient (Wildman–Crippen LogP) is 2.25. The Balaban J connectivity index is 2.15. The Morgan fingerprint density at radius 3 is 2.50 bits per heavy atom. The Morgan fingerprint density at radius 1 is 1.15 bits per heavy atom. The minimum Gasteiger partial charge on any atom is -0.326 e. The first kappa shape index (κ1) is 15.2. The summed E-state index contributed by atoms with van der Waals surface area (Å²) in [6, 6.07) is 10.8. The van der Waals surface area contributed by atoms with E-state index >= 15 is 0 Å². The molecule has 0 aliphatic heterocycles. The van der Waals surface area contributed by atoms with Crippen LogP contribution in [0.1, 0.15) is 22.2 Å². The maximum Gasteiger partial charge on any atom is 0.241 e. The van der Waals surface area contributed by atoms with Gasteiger partial charge in [-0.1, -0.05) is 25.1 Å². The monoisotopic (exact) mass is 310 g/mol. The second-order valence-corrected chi connectivity index (χ2v) is 7.35. The minimum absolute atomic E-state index is 0.204. The predicted molar refractivity (Wildman–Crippen MR) is 82.1 cm³/mol. The van der Waals surface area contributed by atoms with E-state index in [0.717, 1.165) is 11.3 Å². The van der Waals surface area contributed by atoms with Gasteiger partial charge in [-0.05, 0) is 30.2 Å². The van der Waals surface area contributed by atoms with Crippen LogP contribution in [0, 0.1) is 0 Å². The Labute approximate surface area is 123 Å². The fourth-order valence-corrected chi connectivity index (χ4v) is 4.13. The molecule has 2 rings (SSSR count). The van der Waals surface area contributed by atoms with Crippen LogP contribution < -0.4 is 10.5 Å². The molecular formula is C14H18N2O2S2. The van der Waals surface area contributed by atoms with Gasteiger partial charge in [-0.2, -0.15) is 0 Å². The molecule has 0 saturated carbocycles. The van der Waals surface area contributed by atoms with Gasteiger partial charge in [-0.15, -0.1) is 11.3 Å². The topological polar surface area (TPSA) is 72.2 Å². The lowest BCUT2D eigenvalue weighted by Gasteiger charge is -2.09. The summed E-state index contributed by atoms with van der Waals surface area (Å²) in [5.74, 6) is 0. The Morgan fingerprint density at radius 2 is 1.85 bits per heavy atom. The van der Waals surface area contributed by atoms with E-state index in [-0.39, 0.29) is 11.4 Å². The Bertz CT molecular complexity index is 678. The van der Waals surface area contributed by atoms with Crippen molar-refractivity contribution in [3.63, 3.8) is 0 Å². The SMILES string of the molecule is CCc1ccc(CNS(=O)(=O)c2ccccc2CN)s1. The number of benzene rings is 1. The second-order valence-electron chi connectivity index (χ2n) is 4.36. The van der Waals surface area contributed by atoms with E-state index in [1.54, 1.807) is 35.6 Å². The van der Waals surface area contributed by atoms with E-state index in [0.29, 0.717) is 12.1 Å². The van der Waals surface area contributed by atoms with Crippen molar-refractivity contribution in [1.29, 1.82) is 0 Å². The highest BCUT2D eigenvalue weighted by Crippen LogP contribution is 2.19. The molecule has 1 aromatic heterocycles. The van der Waals surface area contributed by atoms with Crippen LogP contribution in [0.5, 0.6) is 0 Å². The lowest BCUT2D eigenvalue weighted by molar-refractivity contribution is 0.580. The van der Waals surface area contributed by atoms with E-state index in [2.05, 4.69) is 11.6 Å². The smallest absolute Gasteiger partial charge is 0.241 e. The van der Waals surface area contributed by atoms with Crippen molar-refractivity contribution in [2.24, 2.45) is 5.73 Å². The van der Waals surface area contributed by atoms with E-state index < -0.39 is 10.0 Å². The Hall–Kier alpha value is -1.21. The van der Waals surface area contributed by atoms with E-state index in [9.17, 15) is 8.42 Å². The zero-order chi connectivity index (χ0) is 14.6.